The Kier molecular flexibility index (Phi) is 3.28. The van der Waals surface area contributed by atoms with Crippen LogP contribution in [-0.4, -0.2) is 15.1 Å². The van der Waals surface area contributed by atoms with E-state index in [1.165, 1.54) is 0 Å². The summed E-state index contributed by atoms with van der Waals surface area (Å²) in [7, 11) is 0. The number of nitrogens with zero attached hydrogens (tertiary/aromatic N) is 3. The third kappa shape index (κ3) is 2.55. The van der Waals surface area contributed by atoms with E-state index in [0.29, 0.717) is 5.82 Å². The van der Waals surface area contributed by atoms with Gasteiger partial charge in [0.2, 0.25) is 5.28 Å². The highest BCUT2D eigenvalue weighted by Gasteiger charge is 2.16. The molecule has 2 aromatic rings. The molecule has 1 N–H and O–H groups in total. The van der Waals surface area contributed by atoms with Gasteiger partial charge < -0.3 is 9.84 Å². The molecule has 90 valence electrons. The highest BCUT2D eigenvalue weighted by Crippen LogP contribution is 2.24. The van der Waals surface area contributed by atoms with Gasteiger partial charge in [-0.2, -0.15) is 0 Å². The quantitative estimate of drug-likeness (QED) is 0.851. The van der Waals surface area contributed by atoms with Gasteiger partial charge in [-0.1, -0.05) is 5.16 Å². The van der Waals surface area contributed by atoms with Crippen molar-refractivity contribution in [1.82, 2.24) is 15.1 Å². The summed E-state index contributed by atoms with van der Waals surface area (Å²) < 4.78 is 5.13. The third-order valence-electron chi connectivity index (χ3n) is 2.51. The number of aromatic nitrogens is 3. The molecule has 17 heavy (non-hydrogen) atoms. The number of anilines is 1. The normalized spacial score (nSPS) is 12.5. The Bertz CT molecular complexity index is 506. The van der Waals surface area contributed by atoms with Crippen LogP contribution in [0.4, 0.5) is 5.82 Å². The first-order valence-corrected chi connectivity index (χ1v) is 5.63. The second-order valence-corrected chi connectivity index (χ2v) is 4.15. The van der Waals surface area contributed by atoms with Crippen LogP contribution in [0.2, 0.25) is 5.28 Å². The minimum Gasteiger partial charge on any atom is -0.363 e. The molecule has 0 fully saturated rings. The Morgan fingerprint density at radius 1 is 1.41 bits per heavy atom. The van der Waals surface area contributed by atoms with Crippen LogP contribution in [0.3, 0.4) is 0 Å². The second-order valence-electron chi connectivity index (χ2n) is 3.81. The van der Waals surface area contributed by atoms with E-state index in [0.717, 1.165) is 17.0 Å². The summed E-state index contributed by atoms with van der Waals surface area (Å²) >= 11 is 5.72. The first-order valence-electron chi connectivity index (χ1n) is 5.26. The van der Waals surface area contributed by atoms with Gasteiger partial charge in [0.25, 0.3) is 0 Å². The van der Waals surface area contributed by atoms with E-state index in [2.05, 4.69) is 20.4 Å². The Morgan fingerprint density at radius 2 is 2.18 bits per heavy atom. The average Bonchev–Trinajstić information content (AvgIpc) is 2.58. The van der Waals surface area contributed by atoms with Crippen molar-refractivity contribution >= 4 is 17.4 Å². The first kappa shape index (κ1) is 11.9. The summed E-state index contributed by atoms with van der Waals surface area (Å²) in [5.74, 6) is 1.49. The van der Waals surface area contributed by atoms with Crippen molar-refractivity contribution in [2.75, 3.05) is 5.32 Å². The first-order chi connectivity index (χ1) is 8.08. The van der Waals surface area contributed by atoms with E-state index in [1.807, 2.05) is 20.8 Å². The van der Waals surface area contributed by atoms with E-state index < -0.39 is 0 Å². The molecule has 0 bridgehead atoms. The second kappa shape index (κ2) is 4.71. The Balaban J connectivity index is 2.20. The van der Waals surface area contributed by atoms with E-state index in [-0.39, 0.29) is 11.3 Å². The number of nitrogens with one attached hydrogen (secondary N) is 1. The lowest BCUT2D eigenvalue weighted by atomic mass is 10.1. The molecular formula is C11H13ClN4O. The summed E-state index contributed by atoms with van der Waals surface area (Å²) in [5.41, 5.74) is 1.92. The fourth-order valence-electron chi connectivity index (χ4n) is 1.82. The molecule has 2 heterocycles. The minimum absolute atomic E-state index is 0.0483. The number of rotatable bonds is 3. The van der Waals surface area contributed by atoms with Gasteiger partial charge in [-0.25, -0.2) is 9.97 Å². The van der Waals surface area contributed by atoms with Crippen LogP contribution in [0.5, 0.6) is 0 Å². The third-order valence-corrected chi connectivity index (χ3v) is 2.69. The largest absolute Gasteiger partial charge is 0.363 e. The van der Waals surface area contributed by atoms with Gasteiger partial charge in [0.15, 0.2) is 0 Å². The van der Waals surface area contributed by atoms with Crippen molar-refractivity contribution in [3.8, 4) is 0 Å². The molecule has 0 aliphatic heterocycles. The van der Waals surface area contributed by atoms with E-state index in [9.17, 15) is 0 Å². The van der Waals surface area contributed by atoms with Crippen molar-refractivity contribution in [2.45, 2.75) is 26.8 Å². The van der Waals surface area contributed by atoms with Gasteiger partial charge >= 0.3 is 0 Å². The van der Waals surface area contributed by atoms with Crippen molar-refractivity contribution in [2.24, 2.45) is 0 Å². The number of aryl methyl sites for hydroxylation is 2. The molecule has 0 spiro atoms. The van der Waals surface area contributed by atoms with Crippen molar-refractivity contribution in [3.05, 3.63) is 34.6 Å². The van der Waals surface area contributed by atoms with Gasteiger partial charge in [-0.05, 0) is 38.4 Å². The Morgan fingerprint density at radius 3 is 2.76 bits per heavy atom. The lowest BCUT2D eigenvalue weighted by Gasteiger charge is -2.14. The van der Waals surface area contributed by atoms with Gasteiger partial charge in [0, 0.05) is 11.8 Å². The molecule has 1 atom stereocenters. The maximum Gasteiger partial charge on any atom is 0.224 e. The van der Waals surface area contributed by atoms with E-state index in [1.54, 1.807) is 12.3 Å². The van der Waals surface area contributed by atoms with E-state index >= 15 is 0 Å². The Labute approximate surface area is 104 Å². The van der Waals surface area contributed by atoms with Crippen molar-refractivity contribution in [3.63, 3.8) is 0 Å². The van der Waals surface area contributed by atoms with Crippen LogP contribution in [0.25, 0.3) is 0 Å². The summed E-state index contributed by atoms with van der Waals surface area (Å²) in [5, 5.41) is 7.38. The van der Waals surface area contributed by atoms with Crippen LogP contribution < -0.4 is 5.32 Å². The summed E-state index contributed by atoms with van der Waals surface area (Å²) in [6, 6.07) is 1.81. The van der Waals surface area contributed by atoms with Gasteiger partial charge in [0.05, 0.1) is 11.7 Å². The molecule has 2 aromatic heterocycles. The molecule has 0 aromatic carbocycles. The summed E-state index contributed by atoms with van der Waals surface area (Å²) in [4.78, 5) is 7.90. The topological polar surface area (TPSA) is 63.8 Å². The zero-order chi connectivity index (χ0) is 12.4. The van der Waals surface area contributed by atoms with Crippen LogP contribution in [-0.2, 0) is 0 Å². The van der Waals surface area contributed by atoms with Crippen molar-refractivity contribution < 1.29 is 4.52 Å². The standard InChI is InChI=1S/C11H13ClN4O/c1-6(10-7(2)16-17-8(10)3)14-9-4-5-13-11(12)15-9/h4-6H,1-3H3,(H,13,14,15). The highest BCUT2D eigenvalue weighted by molar-refractivity contribution is 6.28. The predicted octanol–water partition coefficient (Wildman–Crippen LogP) is 2.91. The fourth-order valence-corrected chi connectivity index (χ4v) is 1.96. The van der Waals surface area contributed by atoms with E-state index in [4.69, 9.17) is 16.1 Å². The smallest absolute Gasteiger partial charge is 0.224 e. The summed E-state index contributed by atoms with van der Waals surface area (Å²) in [6.45, 7) is 5.82. The molecule has 0 saturated heterocycles. The monoisotopic (exact) mass is 252 g/mol. The maximum absolute atomic E-state index is 5.72. The van der Waals surface area contributed by atoms with Crippen LogP contribution in [0.15, 0.2) is 16.8 Å². The molecule has 0 aliphatic rings. The SMILES string of the molecule is Cc1noc(C)c1C(C)Nc1ccnc(Cl)n1. The molecule has 0 saturated carbocycles. The zero-order valence-electron chi connectivity index (χ0n) is 9.86. The van der Waals surface area contributed by atoms with Crippen LogP contribution in [0, 0.1) is 13.8 Å². The molecule has 1 unspecified atom stereocenters. The van der Waals surface area contributed by atoms with Gasteiger partial charge in [-0.3, -0.25) is 0 Å². The van der Waals surface area contributed by atoms with Gasteiger partial charge in [0.1, 0.15) is 11.6 Å². The maximum atomic E-state index is 5.72. The molecule has 0 aliphatic carbocycles. The lowest BCUT2D eigenvalue weighted by molar-refractivity contribution is 0.392. The van der Waals surface area contributed by atoms with Crippen molar-refractivity contribution in [1.29, 1.82) is 0 Å². The zero-order valence-corrected chi connectivity index (χ0v) is 10.6. The molecule has 2 rings (SSSR count). The summed E-state index contributed by atoms with van der Waals surface area (Å²) in [6.07, 6.45) is 1.61. The molecule has 0 radical (unpaired) electrons. The highest BCUT2D eigenvalue weighted by atomic mass is 35.5. The number of halogens is 1. The number of hydrogen-bond acceptors (Lipinski definition) is 5. The fraction of sp³-hybridized carbons (Fsp3) is 0.364. The average molecular weight is 253 g/mol. The predicted molar refractivity (Wildman–Crippen MR) is 65.1 cm³/mol. The molecule has 5 nitrogen and oxygen atoms in total. The van der Waals surface area contributed by atoms with Crippen LogP contribution in [0.1, 0.15) is 30.0 Å². The molecule has 0 amide bonds. The number of hydrogen-bond donors (Lipinski definition) is 1. The van der Waals surface area contributed by atoms with Gasteiger partial charge in [-0.15, -0.1) is 0 Å². The minimum atomic E-state index is 0.0483. The Hall–Kier alpha value is -1.62. The van der Waals surface area contributed by atoms with Crippen LogP contribution >= 0.6 is 11.6 Å². The molecule has 6 heteroatoms. The lowest BCUT2D eigenvalue weighted by Crippen LogP contribution is -2.09. The molecular weight excluding hydrogens is 240 g/mol.